The molecule has 1 aromatic carbocycles. The second-order valence-electron chi connectivity index (χ2n) is 9.50. The Morgan fingerprint density at radius 2 is 1.97 bits per heavy atom. The van der Waals surface area contributed by atoms with Crippen LogP contribution in [0.5, 0.6) is 5.75 Å². The van der Waals surface area contributed by atoms with Crippen molar-refractivity contribution in [1.29, 1.82) is 0 Å². The van der Waals surface area contributed by atoms with E-state index in [2.05, 4.69) is 35.9 Å². The monoisotopic (exact) mass is 494 g/mol. The molecular weight excluding hydrogens is 460 g/mol. The Morgan fingerprint density at radius 1 is 1.17 bits per heavy atom. The van der Waals surface area contributed by atoms with E-state index in [4.69, 9.17) is 14.7 Å². The third-order valence-corrected chi connectivity index (χ3v) is 8.04. The fourth-order valence-electron chi connectivity index (χ4n) is 4.83. The van der Waals surface area contributed by atoms with Crippen LogP contribution in [0.2, 0.25) is 0 Å². The number of ether oxygens (including phenoxy) is 1. The van der Waals surface area contributed by atoms with E-state index in [0.717, 1.165) is 67.1 Å². The van der Waals surface area contributed by atoms with Gasteiger partial charge in [0.1, 0.15) is 22.2 Å². The van der Waals surface area contributed by atoms with E-state index < -0.39 is 0 Å². The van der Waals surface area contributed by atoms with Crippen LogP contribution >= 0.6 is 11.3 Å². The molecule has 2 aliphatic heterocycles. The van der Waals surface area contributed by atoms with Crippen molar-refractivity contribution in [1.82, 2.24) is 19.8 Å². The number of methoxy groups -OCH3 is 1. The highest BCUT2D eigenvalue weighted by atomic mass is 32.1. The molecule has 1 fully saturated rings. The number of anilines is 2. The van der Waals surface area contributed by atoms with Gasteiger partial charge in [0.25, 0.3) is 0 Å². The third-order valence-electron chi connectivity index (χ3n) is 6.93. The average Bonchev–Trinajstić information content (AvgIpc) is 3.26. The van der Waals surface area contributed by atoms with Crippen LogP contribution in [-0.4, -0.2) is 72.2 Å². The number of thiophene rings is 1. The molecule has 0 aliphatic carbocycles. The van der Waals surface area contributed by atoms with Crippen molar-refractivity contribution in [2.45, 2.75) is 39.7 Å². The Labute approximate surface area is 210 Å². The number of likely N-dealkylation sites (N-methyl/N-ethyl adjacent to an activating group) is 1. The molecule has 4 heterocycles. The van der Waals surface area contributed by atoms with Gasteiger partial charge in [0.15, 0.2) is 0 Å². The molecule has 0 bridgehead atoms. The molecule has 1 saturated heterocycles. The molecule has 0 atom stereocenters. The minimum atomic E-state index is -0.0822. The summed E-state index contributed by atoms with van der Waals surface area (Å²) in [6.45, 7) is 12.5. The van der Waals surface area contributed by atoms with Gasteiger partial charge in [-0.2, -0.15) is 0 Å². The molecule has 8 nitrogen and oxygen atoms in total. The van der Waals surface area contributed by atoms with Crippen molar-refractivity contribution in [3.05, 3.63) is 40.5 Å². The number of carbonyl (C=O) groups is 1. The summed E-state index contributed by atoms with van der Waals surface area (Å²) < 4.78 is 5.27. The van der Waals surface area contributed by atoms with E-state index in [1.807, 2.05) is 40.5 Å². The van der Waals surface area contributed by atoms with Gasteiger partial charge in [-0.05, 0) is 30.7 Å². The van der Waals surface area contributed by atoms with E-state index in [1.54, 1.807) is 7.11 Å². The number of hydrogen-bond acceptors (Lipinski definition) is 7. The first-order chi connectivity index (χ1) is 17.0. The molecule has 2 aliphatic rings. The number of rotatable bonds is 5. The number of hydrogen-bond donors (Lipinski definition) is 1. The predicted octanol–water partition coefficient (Wildman–Crippen LogP) is 4.56. The summed E-state index contributed by atoms with van der Waals surface area (Å²) in [7, 11) is 1.62. The summed E-state index contributed by atoms with van der Waals surface area (Å²) in [6, 6.07) is 7.37. The third kappa shape index (κ3) is 4.79. The molecule has 2 aromatic heterocycles. The number of carbonyl (C=O) groups excluding carboxylic acids is 1. The lowest BCUT2D eigenvalue weighted by Gasteiger charge is -2.36. The zero-order valence-electron chi connectivity index (χ0n) is 21.0. The Bertz CT molecular complexity index is 1220. The number of fused-ring (bicyclic) bond motifs is 3. The van der Waals surface area contributed by atoms with Gasteiger partial charge in [-0.1, -0.05) is 26.8 Å². The van der Waals surface area contributed by atoms with Gasteiger partial charge in [0.2, 0.25) is 0 Å². The molecule has 3 aromatic rings. The van der Waals surface area contributed by atoms with Crippen LogP contribution < -0.4 is 15.0 Å². The molecule has 0 radical (unpaired) electrons. The highest BCUT2D eigenvalue weighted by molar-refractivity contribution is 7.19. The Hall–Kier alpha value is -2.91. The molecule has 5 rings (SSSR count). The van der Waals surface area contributed by atoms with Crippen molar-refractivity contribution < 1.29 is 9.53 Å². The number of amides is 2. The summed E-state index contributed by atoms with van der Waals surface area (Å²) in [4.78, 5) is 32.2. The topological polar surface area (TPSA) is 73.8 Å². The summed E-state index contributed by atoms with van der Waals surface area (Å²) in [5.74, 6) is 2.94. The lowest BCUT2D eigenvalue weighted by Crippen LogP contribution is -2.50. The van der Waals surface area contributed by atoms with E-state index in [-0.39, 0.29) is 11.9 Å². The number of benzene rings is 1. The van der Waals surface area contributed by atoms with Crippen molar-refractivity contribution in [3.8, 4) is 5.75 Å². The van der Waals surface area contributed by atoms with Crippen LogP contribution in [0.25, 0.3) is 10.2 Å². The Balaban J connectivity index is 1.36. The van der Waals surface area contributed by atoms with Crippen molar-refractivity contribution in [3.63, 3.8) is 0 Å². The molecule has 9 heteroatoms. The SMILES string of the molecule is CCN1CCc2c(sc3nc(C(C)C)nc(N4CCN(C(=O)Nc5cccc(OC)c5)CC4)c23)C1. The van der Waals surface area contributed by atoms with Gasteiger partial charge in [-0.15, -0.1) is 11.3 Å². The summed E-state index contributed by atoms with van der Waals surface area (Å²) >= 11 is 1.83. The molecule has 1 N–H and O–H groups in total. The normalized spacial score (nSPS) is 16.6. The van der Waals surface area contributed by atoms with Crippen molar-refractivity contribution in [2.75, 3.05) is 56.6 Å². The molecule has 2 amide bonds. The summed E-state index contributed by atoms with van der Waals surface area (Å²) in [5.41, 5.74) is 2.17. The maximum Gasteiger partial charge on any atom is 0.321 e. The maximum absolute atomic E-state index is 12.9. The Kier molecular flexibility index (Phi) is 6.80. The van der Waals surface area contributed by atoms with Gasteiger partial charge < -0.3 is 19.9 Å². The van der Waals surface area contributed by atoms with Crippen molar-refractivity contribution in [2.24, 2.45) is 0 Å². The van der Waals surface area contributed by atoms with E-state index in [1.165, 1.54) is 15.8 Å². The first-order valence-corrected chi connectivity index (χ1v) is 13.3. The van der Waals surface area contributed by atoms with Crippen LogP contribution in [0.15, 0.2) is 24.3 Å². The van der Waals surface area contributed by atoms with Crippen LogP contribution in [-0.2, 0) is 13.0 Å². The smallest absolute Gasteiger partial charge is 0.321 e. The summed E-state index contributed by atoms with van der Waals surface area (Å²) in [5, 5.41) is 4.24. The highest BCUT2D eigenvalue weighted by Gasteiger charge is 2.29. The Morgan fingerprint density at radius 3 is 2.69 bits per heavy atom. The fraction of sp³-hybridized carbons (Fsp3) is 0.500. The van der Waals surface area contributed by atoms with E-state index >= 15 is 0 Å². The zero-order valence-corrected chi connectivity index (χ0v) is 21.8. The van der Waals surface area contributed by atoms with E-state index in [9.17, 15) is 4.79 Å². The number of aromatic nitrogens is 2. The molecule has 186 valence electrons. The lowest BCUT2D eigenvalue weighted by atomic mass is 10.0. The number of piperazine rings is 1. The van der Waals surface area contributed by atoms with E-state index in [0.29, 0.717) is 13.1 Å². The highest BCUT2D eigenvalue weighted by Crippen LogP contribution is 2.39. The number of nitrogens with zero attached hydrogens (tertiary/aromatic N) is 5. The van der Waals surface area contributed by atoms with Crippen LogP contribution in [0.3, 0.4) is 0 Å². The number of urea groups is 1. The standard InChI is InChI=1S/C26H34N6O2S/c1-5-30-10-9-20-21(16-30)35-25-22(20)24(28-23(29-25)17(2)3)31-11-13-32(14-12-31)26(33)27-18-7-6-8-19(15-18)34-4/h6-8,15,17H,5,9-14,16H2,1-4H3,(H,27,33). The molecule has 0 unspecified atom stereocenters. The van der Waals surface area contributed by atoms with Crippen LogP contribution in [0.1, 0.15) is 43.0 Å². The summed E-state index contributed by atoms with van der Waals surface area (Å²) in [6.07, 6.45) is 1.05. The quantitative estimate of drug-likeness (QED) is 0.561. The molecule has 35 heavy (non-hydrogen) atoms. The zero-order chi connectivity index (χ0) is 24.5. The maximum atomic E-state index is 12.9. The largest absolute Gasteiger partial charge is 0.497 e. The van der Waals surface area contributed by atoms with Gasteiger partial charge in [0, 0.05) is 61.8 Å². The first kappa shape index (κ1) is 23.8. The number of nitrogens with one attached hydrogen (secondary N) is 1. The second-order valence-corrected chi connectivity index (χ2v) is 10.6. The minimum absolute atomic E-state index is 0.0822. The minimum Gasteiger partial charge on any atom is -0.497 e. The first-order valence-electron chi connectivity index (χ1n) is 12.5. The van der Waals surface area contributed by atoms with Gasteiger partial charge in [-0.3, -0.25) is 4.90 Å². The molecule has 0 spiro atoms. The molecular formula is C26H34N6O2S. The lowest BCUT2D eigenvalue weighted by molar-refractivity contribution is 0.208. The predicted molar refractivity (Wildman–Crippen MR) is 142 cm³/mol. The molecule has 0 saturated carbocycles. The van der Waals surface area contributed by atoms with Crippen molar-refractivity contribution >= 4 is 39.1 Å². The van der Waals surface area contributed by atoms with Gasteiger partial charge in [0.05, 0.1) is 12.5 Å². The van der Waals surface area contributed by atoms with Crippen LogP contribution in [0.4, 0.5) is 16.3 Å². The van der Waals surface area contributed by atoms with Crippen LogP contribution in [0, 0.1) is 0 Å². The second kappa shape index (κ2) is 9.99. The fourth-order valence-corrected chi connectivity index (χ4v) is 6.09. The average molecular weight is 495 g/mol. The van der Waals surface area contributed by atoms with Gasteiger partial charge >= 0.3 is 6.03 Å². The van der Waals surface area contributed by atoms with Gasteiger partial charge in [-0.25, -0.2) is 14.8 Å².